The van der Waals surface area contributed by atoms with Crippen LogP contribution in [0, 0.1) is 26.8 Å². The lowest BCUT2D eigenvalue weighted by atomic mass is 9.88. The summed E-state index contributed by atoms with van der Waals surface area (Å²) >= 11 is 0. The first-order chi connectivity index (χ1) is 8.41. The molecule has 0 saturated heterocycles. The predicted octanol–water partition coefficient (Wildman–Crippen LogP) is 4.08. The van der Waals surface area contributed by atoms with Crippen LogP contribution in [0.5, 0.6) is 0 Å². The Morgan fingerprint density at radius 2 is 1.83 bits per heavy atom. The quantitative estimate of drug-likeness (QED) is 0.777. The Bertz CT molecular complexity index is 566. The van der Waals surface area contributed by atoms with Gasteiger partial charge in [0.25, 0.3) is 0 Å². The van der Waals surface area contributed by atoms with E-state index in [0.29, 0.717) is 17.6 Å². The number of benzene rings is 1. The molecule has 1 aromatic rings. The maximum atomic E-state index is 10.1. The van der Waals surface area contributed by atoms with E-state index in [4.69, 9.17) is 0 Å². The van der Waals surface area contributed by atoms with Gasteiger partial charge < -0.3 is 10.2 Å². The molecule has 0 aliphatic heterocycles. The molecule has 2 heteroatoms. The van der Waals surface area contributed by atoms with E-state index in [1.54, 1.807) is 0 Å². The number of aliphatic hydroxyl groups excluding tert-OH is 2. The molecule has 0 atom stereocenters. The maximum absolute atomic E-state index is 10.1. The van der Waals surface area contributed by atoms with Crippen molar-refractivity contribution >= 4 is 5.57 Å². The SMILES string of the molecule is C=C1CC=C(c2c(C)[c]c(C)cc2C)C(O)=C1O. The largest absolute Gasteiger partial charge is 0.504 e. The van der Waals surface area contributed by atoms with Gasteiger partial charge >= 0.3 is 0 Å². The Balaban J connectivity index is 2.62. The van der Waals surface area contributed by atoms with Gasteiger partial charge in [-0.05, 0) is 61.1 Å². The number of aliphatic hydroxyl groups is 2. The molecule has 2 nitrogen and oxygen atoms in total. The molecule has 93 valence electrons. The third-order valence-electron chi connectivity index (χ3n) is 3.22. The summed E-state index contributed by atoms with van der Waals surface area (Å²) < 4.78 is 0. The van der Waals surface area contributed by atoms with E-state index >= 15 is 0 Å². The Hall–Kier alpha value is -1.96. The van der Waals surface area contributed by atoms with Crippen molar-refractivity contribution in [1.82, 2.24) is 0 Å². The Kier molecular flexibility index (Phi) is 3.04. The number of rotatable bonds is 1. The molecule has 0 aromatic heterocycles. The molecule has 0 spiro atoms. The molecule has 0 saturated carbocycles. The number of allylic oxidation sites excluding steroid dienone is 3. The minimum atomic E-state index is -0.105. The van der Waals surface area contributed by atoms with Gasteiger partial charge in [-0.25, -0.2) is 0 Å². The van der Waals surface area contributed by atoms with E-state index in [9.17, 15) is 10.2 Å². The van der Waals surface area contributed by atoms with Crippen LogP contribution in [-0.4, -0.2) is 10.2 Å². The highest BCUT2D eigenvalue weighted by molar-refractivity contribution is 5.83. The van der Waals surface area contributed by atoms with Gasteiger partial charge in [0.2, 0.25) is 0 Å². The van der Waals surface area contributed by atoms with Crippen LogP contribution >= 0.6 is 0 Å². The van der Waals surface area contributed by atoms with Crippen LogP contribution in [0.2, 0.25) is 0 Å². The summed E-state index contributed by atoms with van der Waals surface area (Å²) in [7, 11) is 0. The van der Waals surface area contributed by atoms with Crippen molar-refractivity contribution in [1.29, 1.82) is 0 Å². The lowest BCUT2D eigenvalue weighted by molar-refractivity contribution is 0.346. The molecule has 0 unspecified atom stereocenters. The number of hydrogen-bond acceptors (Lipinski definition) is 2. The average molecular weight is 241 g/mol. The fourth-order valence-corrected chi connectivity index (χ4v) is 2.44. The molecule has 1 aromatic carbocycles. The van der Waals surface area contributed by atoms with E-state index < -0.39 is 0 Å². The van der Waals surface area contributed by atoms with Crippen LogP contribution in [0.1, 0.15) is 28.7 Å². The van der Waals surface area contributed by atoms with E-state index in [1.165, 1.54) is 0 Å². The minimum absolute atomic E-state index is 0.0882. The Labute approximate surface area is 108 Å². The third kappa shape index (κ3) is 1.94. The minimum Gasteiger partial charge on any atom is -0.504 e. The zero-order chi connectivity index (χ0) is 13.4. The second-order valence-corrected chi connectivity index (χ2v) is 4.76. The van der Waals surface area contributed by atoms with Gasteiger partial charge in [0.1, 0.15) is 0 Å². The topological polar surface area (TPSA) is 40.5 Å². The highest BCUT2D eigenvalue weighted by atomic mass is 16.3. The zero-order valence-electron chi connectivity index (χ0n) is 11.0. The van der Waals surface area contributed by atoms with Gasteiger partial charge in [0.15, 0.2) is 11.5 Å². The number of hydrogen-bond donors (Lipinski definition) is 2. The summed E-state index contributed by atoms with van der Waals surface area (Å²) in [6, 6.07) is 5.27. The second-order valence-electron chi connectivity index (χ2n) is 4.76. The summed E-state index contributed by atoms with van der Waals surface area (Å²) in [6.45, 7) is 9.67. The van der Waals surface area contributed by atoms with Crippen molar-refractivity contribution in [2.24, 2.45) is 0 Å². The molecule has 1 aliphatic carbocycles. The molecule has 2 N–H and O–H groups in total. The smallest absolute Gasteiger partial charge is 0.165 e. The third-order valence-corrected chi connectivity index (χ3v) is 3.22. The van der Waals surface area contributed by atoms with Crippen LogP contribution < -0.4 is 0 Å². The van der Waals surface area contributed by atoms with Crippen LogP contribution in [-0.2, 0) is 0 Å². The van der Waals surface area contributed by atoms with Gasteiger partial charge in [-0.1, -0.05) is 18.7 Å². The van der Waals surface area contributed by atoms with Crippen molar-refractivity contribution in [2.75, 3.05) is 0 Å². The van der Waals surface area contributed by atoms with Crippen LogP contribution in [0.3, 0.4) is 0 Å². The summed E-state index contributed by atoms with van der Waals surface area (Å²) in [4.78, 5) is 0. The fraction of sp³-hybridized carbons (Fsp3) is 0.250. The molecule has 0 bridgehead atoms. The van der Waals surface area contributed by atoms with E-state index in [1.807, 2.05) is 32.9 Å². The highest BCUT2D eigenvalue weighted by Gasteiger charge is 2.21. The lowest BCUT2D eigenvalue weighted by Crippen LogP contribution is -2.05. The van der Waals surface area contributed by atoms with Crippen LogP contribution in [0.4, 0.5) is 0 Å². The van der Waals surface area contributed by atoms with Gasteiger partial charge in [-0.15, -0.1) is 0 Å². The van der Waals surface area contributed by atoms with E-state index in [0.717, 1.165) is 22.3 Å². The van der Waals surface area contributed by atoms with Gasteiger partial charge in [0.05, 0.1) is 0 Å². The zero-order valence-corrected chi connectivity index (χ0v) is 11.0. The fourth-order valence-electron chi connectivity index (χ4n) is 2.44. The van der Waals surface area contributed by atoms with Crippen LogP contribution in [0.15, 0.2) is 35.8 Å². The first-order valence-electron chi connectivity index (χ1n) is 5.93. The van der Waals surface area contributed by atoms with Crippen molar-refractivity contribution in [3.63, 3.8) is 0 Å². The average Bonchev–Trinajstić information content (AvgIpc) is 2.28. The maximum Gasteiger partial charge on any atom is 0.165 e. The monoisotopic (exact) mass is 241 g/mol. The molecule has 1 aliphatic rings. The Morgan fingerprint density at radius 1 is 1.17 bits per heavy atom. The molecule has 1 radical (unpaired) electrons. The summed E-state index contributed by atoms with van der Waals surface area (Å²) in [5, 5.41) is 19.9. The molecule has 0 heterocycles. The summed E-state index contributed by atoms with van der Waals surface area (Å²) in [5.41, 5.74) is 5.28. The first-order valence-corrected chi connectivity index (χ1v) is 5.93. The number of aryl methyl sites for hydroxylation is 3. The molecular formula is C16H17O2. The first kappa shape index (κ1) is 12.5. The van der Waals surface area contributed by atoms with Gasteiger partial charge in [-0.3, -0.25) is 0 Å². The summed E-state index contributed by atoms with van der Waals surface area (Å²) in [6.07, 6.45) is 2.45. The standard InChI is InChI=1S/C16H17O2/c1-9-7-11(3)14(12(4)8-9)13-6-5-10(2)15(17)16(13)18/h6-7,17-18H,2,5H2,1,3-4H3. The molecule has 0 fully saturated rings. The van der Waals surface area contributed by atoms with E-state index in [-0.39, 0.29) is 11.5 Å². The van der Waals surface area contributed by atoms with Crippen molar-refractivity contribution in [3.05, 3.63) is 64.1 Å². The van der Waals surface area contributed by atoms with Crippen molar-refractivity contribution in [3.8, 4) is 0 Å². The highest BCUT2D eigenvalue weighted by Crippen LogP contribution is 2.35. The predicted molar refractivity (Wildman–Crippen MR) is 73.5 cm³/mol. The molecular weight excluding hydrogens is 224 g/mol. The molecule has 2 rings (SSSR count). The van der Waals surface area contributed by atoms with Crippen molar-refractivity contribution in [2.45, 2.75) is 27.2 Å². The van der Waals surface area contributed by atoms with Crippen molar-refractivity contribution < 1.29 is 10.2 Å². The van der Waals surface area contributed by atoms with E-state index in [2.05, 4.69) is 12.6 Å². The normalized spacial score (nSPS) is 15.9. The van der Waals surface area contributed by atoms with Gasteiger partial charge in [-0.2, -0.15) is 0 Å². The van der Waals surface area contributed by atoms with Crippen LogP contribution in [0.25, 0.3) is 5.57 Å². The second kappa shape index (κ2) is 4.37. The Morgan fingerprint density at radius 3 is 2.44 bits per heavy atom. The molecule has 18 heavy (non-hydrogen) atoms. The summed E-state index contributed by atoms with van der Waals surface area (Å²) in [5.74, 6) is -0.193. The molecule has 0 amide bonds. The lowest BCUT2D eigenvalue weighted by Gasteiger charge is -2.19. The van der Waals surface area contributed by atoms with Gasteiger partial charge in [0, 0.05) is 5.57 Å².